The zero-order chi connectivity index (χ0) is 11.4. The lowest BCUT2D eigenvalue weighted by atomic mass is 10.3. The van der Waals surface area contributed by atoms with Gasteiger partial charge in [0.25, 0.3) is 0 Å². The first-order valence-electron chi connectivity index (χ1n) is 5.39. The van der Waals surface area contributed by atoms with Gasteiger partial charge in [-0.1, -0.05) is 17.7 Å². The summed E-state index contributed by atoms with van der Waals surface area (Å²) < 4.78 is 5.08. The molecule has 3 nitrogen and oxygen atoms in total. The van der Waals surface area contributed by atoms with E-state index in [0.29, 0.717) is 17.5 Å². The van der Waals surface area contributed by atoms with E-state index in [-0.39, 0.29) is 12.5 Å². The van der Waals surface area contributed by atoms with Crippen LogP contribution in [0.25, 0.3) is 0 Å². The standard InChI is InChI=1S/C12H14ClNO2/c13-10-2-1-3-11(6-10)14-7-12(15)16-8-9-4-5-9/h1-3,6,9,14H,4-5,7-8H2. The molecular formula is C12H14ClNO2. The Hall–Kier alpha value is -1.22. The average molecular weight is 240 g/mol. The fourth-order valence-electron chi connectivity index (χ4n) is 1.32. The normalized spacial score (nSPS) is 14.6. The van der Waals surface area contributed by atoms with Crippen molar-refractivity contribution in [1.29, 1.82) is 0 Å². The minimum absolute atomic E-state index is 0.188. The highest BCUT2D eigenvalue weighted by atomic mass is 35.5. The first kappa shape index (κ1) is 11.3. The van der Waals surface area contributed by atoms with Crippen molar-refractivity contribution in [2.45, 2.75) is 12.8 Å². The third-order valence-corrected chi connectivity index (χ3v) is 2.67. The smallest absolute Gasteiger partial charge is 0.325 e. The summed E-state index contributed by atoms with van der Waals surface area (Å²) in [5, 5.41) is 3.62. The van der Waals surface area contributed by atoms with Crippen LogP contribution < -0.4 is 5.32 Å². The van der Waals surface area contributed by atoms with Crippen LogP contribution in [0.2, 0.25) is 5.02 Å². The summed E-state index contributed by atoms with van der Waals surface area (Å²) in [4.78, 5) is 11.3. The largest absolute Gasteiger partial charge is 0.464 e. The van der Waals surface area contributed by atoms with Crippen LogP contribution in [0.3, 0.4) is 0 Å². The van der Waals surface area contributed by atoms with Crippen molar-refractivity contribution < 1.29 is 9.53 Å². The van der Waals surface area contributed by atoms with Gasteiger partial charge in [0, 0.05) is 10.7 Å². The molecule has 0 radical (unpaired) electrons. The molecule has 1 aliphatic carbocycles. The number of nitrogens with one attached hydrogen (secondary N) is 1. The Bertz CT molecular complexity index is 377. The first-order chi connectivity index (χ1) is 7.74. The lowest BCUT2D eigenvalue weighted by Crippen LogP contribution is -2.17. The van der Waals surface area contributed by atoms with E-state index in [2.05, 4.69) is 5.32 Å². The summed E-state index contributed by atoms with van der Waals surface area (Å²) in [7, 11) is 0. The van der Waals surface area contributed by atoms with E-state index in [1.165, 1.54) is 12.8 Å². The number of hydrogen-bond donors (Lipinski definition) is 1. The summed E-state index contributed by atoms with van der Waals surface area (Å²) >= 11 is 5.81. The Labute approximate surface area is 99.7 Å². The zero-order valence-electron chi connectivity index (χ0n) is 8.91. The number of hydrogen-bond acceptors (Lipinski definition) is 3. The topological polar surface area (TPSA) is 38.3 Å². The molecule has 16 heavy (non-hydrogen) atoms. The van der Waals surface area contributed by atoms with Gasteiger partial charge in [0.05, 0.1) is 6.61 Å². The molecule has 1 saturated carbocycles. The van der Waals surface area contributed by atoms with Crippen LogP contribution >= 0.6 is 11.6 Å². The Morgan fingerprint density at radius 3 is 3.00 bits per heavy atom. The van der Waals surface area contributed by atoms with Crippen LogP contribution in [0, 0.1) is 5.92 Å². The molecule has 86 valence electrons. The van der Waals surface area contributed by atoms with Crippen molar-refractivity contribution in [3.8, 4) is 0 Å². The van der Waals surface area contributed by atoms with Crippen molar-refractivity contribution in [3.63, 3.8) is 0 Å². The van der Waals surface area contributed by atoms with Crippen LogP contribution in [0.5, 0.6) is 0 Å². The Morgan fingerprint density at radius 2 is 2.31 bits per heavy atom. The van der Waals surface area contributed by atoms with Gasteiger partial charge in [-0.25, -0.2) is 0 Å². The molecule has 0 heterocycles. The highest BCUT2D eigenvalue weighted by molar-refractivity contribution is 6.30. The van der Waals surface area contributed by atoms with Gasteiger partial charge >= 0.3 is 5.97 Å². The number of benzene rings is 1. The van der Waals surface area contributed by atoms with Crippen LogP contribution in [0.1, 0.15) is 12.8 Å². The fourth-order valence-corrected chi connectivity index (χ4v) is 1.51. The van der Waals surface area contributed by atoms with Crippen molar-refractivity contribution in [1.82, 2.24) is 0 Å². The van der Waals surface area contributed by atoms with Crippen LogP contribution in [0.15, 0.2) is 24.3 Å². The van der Waals surface area contributed by atoms with Gasteiger partial charge < -0.3 is 10.1 Å². The molecular weight excluding hydrogens is 226 g/mol. The number of rotatable bonds is 5. The monoisotopic (exact) mass is 239 g/mol. The highest BCUT2D eigenvalue weighted by Gasteiger charge is 2.22. The van der Waals surface area contributed by atoms with Gasteiger partial charge in [-0.3, -0.25) is 4.79 Å². The molecule has 1 aromatic carbocycles. The molecule has 0 unspecified atom stereocenters. The zero-order valence-corrected chi connectivity index (χ0v) is 9.67. The molecule has 0 aromatic heterocycles. The van der Waals surface area contributed by atoms with E-state index in [1.54, 1.807) is 12.1 Å². The molecule has 0 saturated heterocycles. The summed E-state index contributed by atoms with van der Waals surface area (Å²) in [5.41, 5.74) is 0.830. The van der Waals surface area contributed by atoms with E-state index in [4.69, 9.17) is 16.3 Å². The number of halogens is 1. The average Bonchev–Trinajstić information content (AvgIpc) is 3.07. The van der Waals surface area contributed by atoms with E-state index >= 15 is 0 Å². The Balaban J connectivity index is 1.71. The van der Waals surface area contributed by atoms with E-state index in [1.807, 2.05) is 12.1 Å². The molecule has 1 aliphatic rings. The summed E-state index contributed by atoms with van der Waals surface area (Å²) in [6.07, 6.45) is 2.38. The maximum atomic E-state index is 11.3. The number of ether oxygens (including phenoxy) is 1. The highest BCUT2D eigenvalue weighted by Crippen LogP contribution is 2.28. The van der Waals surface area contributed by atoms with Gasteiger partial charge in [-0.2, -0.15) is 0 Å². The quantitative estimate of drug-likeness (QED) is 0.803. The van der Waals surface area contributed by atoms with Crippen molar-refractivity contribution in [2.24, 2.45) is 5.92 Å². The molecule has 0 amide bonds. The Morgan fingerprint density at radius 1 is 1.50 bits per heavy atom. The van der Waals surface area contributed by atoms with E-state index in [0.717, 1.165) is 5.69 Å². The second kappa shape index (κ2) is 5.21. The van der Waals surface area contributed by atoms with Crippen molar-refractivity contribution >= 4 is 23.3 Å². The molecule has 0 spiro atoms. The summed E-state index contributed by atoms with van der Waals surface area (Å²) in [6, 6.07) is 7.26. The van der Waals surface area contributed by atoms with Gasteiger partial charge in [0.2, 0.25) is 0 Å². The van der Waals surface area contributed by atoms with Crippen molar-refractivity contribution in [3.05, 3.63) is 29.3 Å². The maximum absolute atomic E-state index is 11.3. The van der Waals surface area contributed by atoms with Gasteiger partial charge in [0.15, 0.2) is 0 Å². The van der Waals surface area contributed by atoms with Crippen LogP contribution in [-0.2, 0) is 9.53 Å². The maximum Gasteiger partial charge on any atom is 0.325 e. The summed E-state index contributed by atoms with van der Waals surface area (Å²) in [5.74, 6) is 0.391. The Kier molecular flexibility index (Phi) is 3.67. The molecule has 0 bridgehead atoms. The minimum Gasteiger partial charge on any atom is -0.464 e. The fraction of sp³-hybridized carbons (Fsp3) is 0.417. The second-order valence-corrected chi connectivity index (χ2v) is 4.43. The third-order valence-electron chi connectivity index (χ3n) is 2.44. The molecule has 1 fully saturated rings. The number of anilines is 1. The first-order valence-corrected chi connectivity index (χ1v) is 5.77. The number of carbonyl (C=O) groups excluding carboxylic acids is 1. The van der Waals surface area contributed by atoms with Crippen LogP contribution in [-0.4, -0.2) is 19.1 Å². The number of esters is 1. The summed E-state index contributed by atoms with van der Waals surface area (Å²) in [6.45, 7) is 0.753. The second-order valence-electron chi connectivity index (χ2n) is 3.99. The van der Waals surface area contributed by atoms with Gasteiger partial charge in [-0.05, 0) is 37.0 Å². The predicted octanol–water partition coefficient (Wildman–Crippen LogP) is 2.71. The van der Waals surface area contributed by atoms with E-state index < -0.39 is 0 Å². The molecule has 0 aliphatic heterocycles. The molecule has 2 rings (SSSR count). The van der Waals surface area contributed by atoms with E-state index in [9.17, 15) is 4.79 Å². The predicted molar refractivity (Wildman–Crippen MR) is 63.6 cm³/mol. The van der Waals surface area contributed by atoms with Gasteiger partial charge in [-0.15, -0.1) is 0 Å². The molecule has 4 heteroatoms. The number of carbonyl (C=O) groups is 1. The SMILES string of the molecule is O=C(CNc1cccc(Cl)c1)OCC1CC1. The lowest BCUT2D eigenvalue weighted by Gasteiger charge is -2.06. The molecule has 1 N–H and O–H groups in total. The van der Waals surface area contributed by atoms with Gasteiger partial charge in [0.1, 0.15) is 6.54 Å². The molecule has 0 atom stereocenters. The third kappa shape index (κ3) is 3.74. The van der Waals surface area contributed by atoms with Crippen LogP contribution in [0.4, 0.5) is 5.69 Å². The lowest BCUT2D eigenvalue weighted by molar-refractivity contribution is -0.141. The van der Waals surface area contributed by atoms with Crippen molar-refractivity contribution in [2.75, 3.05) is 18.5 Å². The molecule has 1 aromatic rings. The minimum atomic E-state index is -0.216.